The van der Waals surface area contributed by atoms with Crippen LogP contribution >= 0.6 is 0 Å². The van der Waals surface area contributed by atoms with Crippen molar-refractivity contribution in [2.24, 2.45) is 58.1 Å². The quantitative estimate of drug-likeness (QED) is 0.0736. The lowest BCUT2D eigenvalue weighted by Gasteiger charge is -2.41. The molecule has 11 heteroatoms. The maximum Gasteiger partial charge on any atom is 0.176 e. The second-order valence-corrected chi connectivity index (χ2v) is 18.0. The molecule has 10 N–H and O–H groups in total. The van der Waals surface area contributed by atoms with E-state index in [0.29, 0.717) is 74.0 Å². The summed E-state index contributed by atoms with van der Waals surface area (Å²) in [5.41, 5.74) is 7.55. The van der Waals surface area contributed by atoms with Gasteiger partial charge in [0.2, 0.25) is 0 Å². The summed E-state index contributed by atoms with van der Waals surface area (Å²) in [7, 11) is 1.61. The molecular weight excluding hydrogens is 684 g/mol. The molecule has 0 bridgehead atoms. The van der Waals surface area contributed by atoms with Gasteiger partial charge in [-0.15, -0.1) is 4.99 Å². The molecule has 300 valence electrons. The Labute approximate surface area is 322 Å². The van der Waals surface area contributed by atoms with Crippen molar-refractivity contribution in [1.29, 1.82) is 0 Å². The molecule has 4 fully saturated rings. The zero-order chi connectivity index (χ0) is 38.2. The minimum absolute atomic E-state index is 0.0331. The van der Waals surface area contributed by atoms with Gasteiger partial charge in [0.15, 0.2) is 6.21 Å². The van der Waals surface area contributed by atoms with Crippen molar-refractivity contribution in [1.82, 2.24) is 0 Å². The SMILES string of the molecule is COC1CC2CCC(=O)[C@@H]([C@H](O)CCCC[C@H]3C[NH2+][C@@H]4CC(=O)CC[C@H]4C3)C#C[C@@H](C[C@H](O)[C@H](O)CCC3CC(N)[NH2+]CC3CC3=C[CH+]N=C3)C2CC1O. The summed E-state index contributed by atoms with van der Waals surface area (Å²) >= 11 is 0. The third-order valence-electron chi connectivity index (χ3n) is 14.3. The van der Waals surface area contributed by atoms with Gasteiger partial charge < -0.3 is 35.8 Å². The van der Waals surface area contributed by atoms with E-state index in [1.807, 2.05) is 12.8 Å². The Hall–Kier alpha value is -2.14. The number of ether oxygens (including phenoxy) is 1. The molecule has 0 spiro atoms. The first-order valence-corrected chi connectivity index (χ1v) is 21.4. The van der Waals surface area contributed by atoms with Crippen LogP contribution in [-0.4, -0.2) is 101 Å². The van der Waals surface area contributed by atoms with E-state index in [9.17, 15) is 30.0 Å². The molecule has 15 atom stereocenters. The third-order valence-corrected chi connectivity index (χ3v) is 14.3. The topological polar surface area (TPSA) is 196 Å². The molecule has 0 aromatic carbocycles. The number of Topliss-reactive ketones (excluding diaryl/α,β-unsaturated/α-hetero) is 2. The number of aliphatic imine (C=N–C) groups is 1. The lowest BCUT2D eigenvalue weighted by molar-refractivity contribution is -0.711. The molecule has 0 radical (unpaired) electrons. The van der Waals surface area contributed by atoms with Crippen molar-refractivity contribution in [2.75, 3.05) is 20.2 Å². The summed E-state index contributed by atoms with van der Waals surface area (Å²) in [6.45, 7) is 3.81. The number of nitrogens with zero attached hydrogens (tertiary/aromatic N) is 1. The molecule has 6 aliphatic rings. The minimum atomic E-state index is -1.01. The van der Waals surface area contributed by atoms with Crippen molar-refractivity contribution in [3.05, 3.63) is 18.2 Å². The van der Waals surface area contributed by atoms with Crippen molar-refractivity contribution < 1.29 is 45.4 Å². The van der Waals surface area contributed by atoms with E-state index < -0.39 is 30.3 Å². The van der Waals surface area contributed by atoms with E-state index in [-0.39, 0.29) is 42.2 Å². The van der Waals surface area contributed by atoms with Crippen LogP contribution < -0.4 is 16.4 Å². The number of ketones is 2. The molecule has 0 aromatic heterocycles. The summed E-state index contributed by atoms with van der Waals surface area (Å²) < 4.78 is 5.63. The number of hydrogen-bond acceptors (Lipinski definition) is 9. The highest BCUT2D eigenvalue weighted by atomic mass is 16.5. The third kappa shape index (κ3) is 11.0. The van der Waals surface area contributed by atoms with Gasteiger partial charge in [0.25, 0.3) is 0 Å². The van der Waals surface area contributed by atoms with E-state index in [1.165, 1.54) is 12.0 Å². The monoisotopic (exact) mass is 754 g/mol. The lowest BCUT2D eigenvalue weighted by Crippen LogP contribution is -2.96. The molecule has 6 rings (SSSR count). The van der Waals surface area contributed by atoms with Crippen LogP contribution in [0.2, 0.25) is 0 Å². The maximum atomic E-state index is 13.6. The van der Waals surface area contributed by atoms with Crippen molar-refractivity contribution in [3.63, 3.8) is 0 Å². The summed E-state index contributed by atoms with van der Waals surface area (Å²) in [6.07, 6.45) is 12.5. The van der Waals surface area contributed by atoms with Gasteiger partial charge in [-0.2, -0.15) is 0 Å². The number of piperidine rings is 2. The average Bonchev–Trinajstić information content (AvgIpc) is 3.69. The average molecular weight is 754 g/mol. The van der Waals surface area contributed by atoms with Crippen LogP contribution in [0.25, 0.3) is 0 Å². The van der Waals surface area contributed by atoms with Gasteiger partial charge >= 0.3 is 0 Å². The molecule has 11 nitrogen and oxygen atoms in total. The van der Waals surface area contributed by atoms with Crippen molar-refractivity contribution in [3.8, 4) is 11.8 Å². The number of rotatable bonds is 15. The predicted octanol–water partition coefficient (Wildman–Crippen LogP) is 1.17. The number of aliphatic hydroxyl groups excluding tert-OH is 4. The summed E-state index contributed by atoms with van der Waals surface area (Å²) in [5, 5.41) is 49.8. The van der Waals surface area contributed by atoms with Crippen LogP contribution in [0.5, 0.6) is 0 Å². The number of nitrogens with two attached hydrogens (primary N) is 3. The Morgan fingerprint density at radius 3 is 2.59 bits per heavy atom. The zero-order valence-corrected chi connectivity index (χ0v) is 32.5. The number of carbonyl (C=O) groups excluding carboxylic acids is 2. The molecule has 54 heavy (non-hydrogen) atoms. The zero-order valence-electron chi connectivity index (χ0n) is 32.5. The number of unbranched alkanes of at least 4 members (excludes halogenated alkanes) is 1. The molecule has 3 aliphatic heterocycles. The minimum Gasteiger partial charge on any atom is -0.391 e. The Morgan fingerprint density at radius 1 is 0.963 bits per heavy atom. The number of quaternary nitrogens is 2. The summed E-state index contributed by atoms with van der Waals surface area (Å²) in [4.78, 5) is 29.8. The first-order chi connectivity index (χ1) is 26.1. The van der Waals surface area contributed by atoms with E-state index in [2.05, 4.69) is 33.5 Å². The molecule has 0 amide bonds. The standard InChI is InChI=1S/C43H67N4O7/c1-54-42-19-30-9-12-38(50)34(37(49)5-3-2-4-26-16-31-6-10-33(48)21-36(31)46-24-26)11-7-29(35(30)22-41(42)53)18-40(52)39(51)13-8-28-20-43(44)47-25-32(28)17-27-14-15-45-23-27/h14-15,23,26,28-32,34-37,39-43,46-47,49,51-53H,2-6,8-10,12-13,16-22,24-25,44H2,1H3/q+1/p+2/t26-,28?,29+,30?,31+,32?,34-,35?,36-,37-,39-,40+,41?,42?,43?/m1/s1. The van der Waals surface area contributed by atoms with Gasteiger partial charge in [-0.3, -0.25) is 15.3 Å². The van der Waals surface area contributed by atoms with Gasteiger partial charge in [0.05, 0.1) is 62.1 Å². The molecule has 2 saturated carbocycles. The molecule has 2 saturated heterocycles. The smallest absolute Gasteiger partial charge is 0.176 e. The predicted molar refractivity (Wildman–Crippen MR) is 205 cm³/mol. The summed E-state index contributed by atoms with van der Waals surface area (Å²) in [6, 6.07) is 0.463. The number of allylic oxidation sites excluding steroid dienone is 1. The van der Waals surface area contributed by atoms with Gasteiger partial charge in [-0.05, 0) is 82.0 Å². The largest absolute Gasteiger partial charge is 0.391 e. The van der Waals surface area contributed by atoms with Crippen LogP contribution in [-0.2, 0) is 14.3 Å². The van der Waals surface area contributed by atoms with E-state index in [4.69, 9.17) is 10.5 Å². The Kier molecular flexibility index (Phi) is 15.2. The highest BCUT2D eigenvalue weighted by Crippen LogP contribution is 2.42. The van der Waals surface area contributed by atoms with E-state index in [1.54, 1.807) is 7.11 Å². The molecule has 0 aromatic rings. The molecule has 3 heterocycles. The fourth-order valence-electron chi connectivity index (χ4n) is 11.0. The van der Waals surface area contributed by atoms with Crippen molar-refractivity contribution >= 4 is 17.8 Å². The van der Waals surface area contributed by atoms with Crippen LogP contribution in [0.1, 0.15) is 109 Å². The lowest BCUT2D eigenvalue weighted by atomic mass is 9.67. The Balaban J connectivity index is 1.06. The molecular formula is C43H69N4O7+3. The highest BCUT2D eigenvalue weighted by Gasteiger charge is 2.43. The Morgan fingerprint density at radius 2 is 1.80 bits per heavy atom. The number of methoxy groups -OCH3 is 1. The fraction of sp³-hybridized carbons (Fsp3) is 0.814. The van der Waals surface area contributed by atoms with E-state index in [0.717, 1.165) is 70.9 Å². The fourth-order valence-corrected chi connectivity index (χ4v) is 11.0. The number of carbonyl (C=O) groups is 2. The van der Waals surface area contributed by atoms with E-state index >= 15 is 0 Å². The van der Waals surface area contributed by atoms with Gasteiger partial charge in [-0.25, -0.2) is 0 Å². The molecule has 7 unspecified atom stereocenters. The highest BCUT2D eigenvalue weighted by molar-refractivity contribution is 5.84. The Bertz CT molecular complexity index is 1380. The first-order valence-electron chi connectivity index (χ1n) is 21.4. The van der Waals surface area contributed by atoms with Crippen LogP contribution in [0.4, 0.5) is 0 Å². The van der Waals surface area contributed by atoms with Crippen molar-refractivity contribution in [2.45, 2.75) is 152 Å². The molecule has 3 aliphatic carbocycles. The first kappa shape index (κ1) is 41.5. The second-order valence-electron chi connectivity index (χ2n) is 18.0. The number of aliphatic hydroxyl groups is 4. The second kappa shape index (κ2) is 19.8. The number of hydrogen-bond donors (Lipinski definition) is 7. The normalized spacial score (nSPS) is 38.7. The van der Waals surface area contributed by atoms with Crippen LogP contribution in [0, 0.1) is 65.7 Å². The summed E-state index contributed by atoms with van der Waals surface area (Å²) in [5.74, 6) is 7.84. The number of fused-ring (bicyclic) bond motifs is 2. The van der Waals surface area contributed by atoms with Gasteiger partial charge in [0.1, 0.15) is 35.8 Å². The van der Waals surface area contributed by atoms with Crippen LogP contribution in [0.15, 0.2) is 16.6 Å². The van der Waals surface area contributed by atoms with Gasteiger partial charge in [0, 0.05) is 56.5 Å². The maximum absolute atomic E-state index is 13.6. The van der Waals surface area contributed by atoms with Gasteiger partial charge in [-0.1, -0.05) is 24.7 Å². The van der Waals surface area contributed by atoms with Crippen LogP contribution in [0.3, 0.4) is 0 Å².